The zero-order chi connectivity index (χ0) is 19.7. The van der Waals surface area contributed by atoms with Crippen molar-refractivity contribution in [2.24, 2.45) is 0 Å². The number of hydrazine groups is 1. The quantitative estimate of drug-likeness (QED) is 0.469. The van der Waals surface area contributed by atoms with Crippen LogP contribution in [0.3, 0.4) is 0 Å². The van der Waals surface area contributed by atoms with E-state index < -0.39 is 11.8 Å². The maximum absolute atomic E-state index is 12.6. The fourth-order valence-corrected chi connectivity index (χ4v) is 3.09. The molecule has 0 saturated carbocycles. The van der Waals surface area contributed by atoms with Crippen molar-refractivity contribution in [1.82, 2.24) is 20.8 Å². The summed E-state index contributed by atoms with van der Waals surface area (Å²) < 4.78 is 0. The number of hydrogen-bond donors (Lipinski definition) is 3. The van der Waals surface area contributed by atoms with Gasteiger partial charge < -0.3 is 5.73 Å². The van der Waals surface area contributed by atoms with Gasteiger partial charge in [-0.3, -0.25) is 30.4 Å². The molecule has 0 aliphatic carbocycles. The number of aromatic nitrogens is 2. The van der Waals surface area contributed by atoms with Crippen molar-refractivity contribution in [3.63, 3.8) is 0 Å². The van der Waals surface area contributed by atoms with Crippen LogP contribution >= 0.6 is 0 Å². The molecule has 0 fully saturated rings. The Morgan fingerprint density at radius 2 is 1.46 bits per heavy atom. The Labute approximate surface area is 160 Å². The first kappa shape index (κ1) is 17.4. The number of fused-ring (bicyclic) bond motifs is 2. The number of para-hydroxylation sites is 2. The fraction of sp³-hybridized carbons (Fsp3) is 0.0476. The molecule has 0 unspecified atom stereocenters. The van der Waals surface area contributed by atoms with Gasteiger partial charge in [0, 0.05) is 22.7 Å². The Bertz CT molecular complexity index is 1240. The first-order chi connectivity index (χ1) is 13.5. The molecule has 138 valence electrons. The van der Waals surface area contributed by atoms with Gasteiger partial charge in [0.05, 0.1) is 27.8 Å². The Hall–Kier alpha value is -4.00. The number of pyridine rings is 2. The molecular weight excluding hydrogens is 354 g/mol. The lowest BCUT2D eigenvalue weighted by Crippen LogP contribution is -2.42. The molecule has 7 nitrogen and oxygen atoms in total. The van der Waals surface area contributed by atoms with Gasteiger partial charge in [-0.1, -0.05) is 36.4 Å². The average molecular weight is 371 g/mol. The van der Waals surface area contributed by atoms with Crippen molar-refractivity contribution in [2.45, 2.75) is 6.92 Å². The number of anilines is 1. The number of aryl methyl sites for hydroxylation is 1. The molecule has 2 amide bonds. The van der Waals surface area contributed by atoms with Crippen LogP contribution < -0.4 is 16.6 Å². The fourth-order valence-electron chi connectivity index (χ4n) is 3.09. The normalized spacial score (nSPS) is 10.8. The third-order valence-corrected chi connectivity index (χ3v) is 4.44. The van der Waals surface area contributed by atoms with Crippen molar-refractivity contribution in [1.29, 1.82) is 0 Å². The minimum atomic E-state index is -0.542. The SMILES string of the molecule is Cc1cc(C(=O)NNC(=O)c2cnc3ccccc3c2N)c2ccccc2n1. The van der Waals surface area contributed by atoms with Crippen molar-refractivity contribution < 1.29 is 9.59 Å². The number of nitrogens with two attached hydrogens (primary N) is 1. The first-order valence-electron chi connectivity index (χ1n) is 8.65. The Kier molecular flexibility index (Phi) is 4.33. The second-order valence-corrected chi connectivity index (χ2v) is 6.34. The number of rotatable bonds is 2. The second kappa shape index (κ2) is 6.96. The molecule has 2 heterocycles. The van der Waals surface area contributed by atoms with Crippen LogP contribution in [0.2, 0.25) is 0 Å². The highest BCUT2D eigenvalue weighted by molar-refractivity contribution is 6.09. The highest BCUT2D eigenvalue weighted by Crippen LogP contribution is 2.22. The van der Waals surface area contributed by atoms with E-state index in [1.807, 2.05) is 49.4 Å². The molecule has 4 rings (SSSR count). The van der Waals surface area contributed by atoms with E-state index in [1.54, 1.807) is 12.1 Å². The molecule has 0 radical (unpaired) electrons. The zero-order valence-corrected chi connectivity index (χ0v) is 15.1. The minimum absolute atomic E-state index is 0.190. The summed E-state index contributed by atoms with van der Waals surface area (Å²) in [6, 6.07) is 16.3. The summed E-state index contributed by atoms with van der Waals surface area (Å²) >= 11 is 0. The van der Waals surface area contributed by atoms with E-state index in [0.717, 1.165) is 0 Å². The van der Waals surface area contributed by atoms with Gasteiger partial charge in [0.25, 0.3) is 11.8 Å². The maximum Gasteiger partial charge on any atom is 0.273 e. The summed E-state index contributed by atoms with van der Waals surface area (Å²) in [4.78, 5) is 33.8. The molecule has 7 heteroatoms. The summed E-state index contributed by atoms with van der Waals surface area (Å²) in [6.07, 6.45) is 1.39. The van der Waals surface area contributed by atoms with Crippen molar-refractivity contribution in [3.8, 4) is 0 Å². The number of hydrogen-bond acceptors (Lipinski definition) is 5. The zero-order valence-electron chi connectivity index (χ0n) is 15.1. The standard InChI is InChI=1S/C21H17N5O2/c1-12-10-15(13-6-2-5-9-18(13)24-12)20(27)25-26-21(28)16-11-23-17-8-4-3-7-14(17)19(16)22/h2-11H,1H3,(H2,22,23)(H,25,27)(H,26,28). The lowest BCUT2D eigenvalue weighted by molar-refractivity contribution is 0.0848. The number of benzene rings is 2. The number of nitrogens with one attached hydrogen (secondary N) is 2. The van der Waals surface area contributed by atoms with E-state index in [9.17, 15) is 9.59 Å². The summed E-state index contributed by atoms with van der Waals surface area (Å²) in [5, 5.41) is 1.38. The second-order valence-electron chi connectivity index (χ2n) is 6.34. The molecule has 0 saturated heterocycles. The van der Waals surface area contributed by atoms with E-state index in [-0.39, 0.29) is 5.56 Å². The average Bonchev–Trinajstić information content (AvgIpc) is 2.71. The highest BCUT2D eigenvalue weighted by atomic mass is 16.2. The lowest BCUT2D eigenvalue weighted by Gasteiger charge is -2.12. The topological polar surface area (TPSA) is 110 Å². The van der Waals surface area contributed by atoms with Crippen LogP contribution in [0.25, 0.3) is 21.8 Å². The number of carbonyl (C=O) groups is 2. The summed E-state index contributed by atoms with van der Waals surface area (Å²) in [7, 11) is 0. The van der Waals surface area contributed by atoms with E-state index in [0.29, 0.717) is 38.8 Å². The van der Waals surface area contributed by atoms with Crippen LogP contribution in [0.5, 0.6) is 0 Å². The van der Waals surface area contributed by atoms with Crippen molar-refractivity contribution >= 4 is 39.3 Å². The van der Waals surface area contributed by atoms with Crippen molar-refractivity contribution in [2.75, 3.05) is 5.73 Å². The number of nitrogen functional groups attached to an aromatic ring is 1. The van der Waals surface area contributed by atoms with Gasteiger partial charge >= 0.3 is 0 Å². The highest BCUT2D eigenvalue weighted by Gasteiger charge is 2.16. The summed E-state index contributed by atoms with van der Waals surface area (Å²) in [6.45, 7) is 1.81. The predicted octanol–water partition coefficient (Wildman–Crippen LogP) is 2.75. The molecule has 0 aliphatic heterocycles. The van der Waals surface area contributed by atoms with Gasteiger partial charge in [-0.05, 0) is 25.1 Å². The van der Waals surface area contributed by atoms with Crippen LogP contribution in [-0.2, 0) is 0 Å². The molecule has 4 N–H and O–H groups in total. The molecule has 28 heavy (non-hydrogen) atoms. The third-order valence-electron chi connectivity index (χ3n) is 4.44. The Morgan fingerprint density at radius 1 is 0.857 bits per heavy atom. The van der Waals surface area contributed by atoms with Crippen molar-refractivity contribution in [3.05, 3.63) is 77.6 Å². The van der Waals surface area contributed by atoms with Gasteiger partial charge in [-0.15, -0.1) is 0 Å². The monoisotopic (exact) mass is 371 g/mol. The van der Waals surface area contributed by atoms with E-state index in [2.05, 4.69) is 20.8 Å². The van der Waals surface area contributed by atoms with Gasteiger partial charge in [0.15, 0.2) is 0 Å². The smallest absolute Gasteiger partial charge is 0.273 e. The Balaban J connectivity index is 1.58. The van der Waals surface area contributed by atoms with Gasteiger partial charge in [-0.2, -0.15) is 0 Å². The molecule has 2 aromatic carbocycles. The van der Waals surface area contributed by atoms with Crippen LogP contribution in [0.1, 0.15) is 26.4 Å². The van der Waals surface area contributed by atoms with Crippen LogP contribution in [0, 0.1) is 6.92 Å². The van der Waals surface area contributed by atoms with Crippen LogP contribution in [0.4, 0.5) is 5.69 Å². The molecular formula is C21H17N5O2. The van der Waals surface area contributed by atoms with E-state index in [1.165, 1.54) is 6.20 Å². The minimum Gasteiger partial charge on any atom is -0.397 e. The lowest BCUT2D eigenvalue weighted by atomic mass is 10.1. The van der Waals surface area contributed by atoms with Gasteiger partial charge in [-0.25, -0.2) is 0 Å². The van der Waals surface area contributed by atoms with E-state index in [4.69, 9.17) is 5.73 Å². The van der Waals surface area contributed by atoms with Crippen LogP contribution in [0.15, 0.2) is 60.8 Å². The number of carbonyl (C=O) groups excluding carboxylic acids is 2. The molecule has 0 atom stereocenters. The molecule has 4 aromatic rings. The number of nitrogens with zero attached hydrogens (tertiary/aromatic N) is 2. The largest absolute Gasteiger partial charge is 0.397 e. The predicted molar refractivity (Wildman–Crippen MR) is 108 cm³/mol. The first-order valence-corrected chi connectivity index (χ1v) is 8.65. The number of amides is 2. The van der Waals surface area contributed by atoms with Gasteiger partial charge in [0.1, 0.15) is 0 Å². The van der Waals surface area contributed by atoms with Crippen LogP contribution in [-0.4, -0.2) is 21.8 Å². The summed E-state index contributed by atoms with van der Waals surface area (Å²) in [5.41, 5.74) is 14.0. The molecule has 2 aromatic heterocycles. The Morgan fingerprint density at radius 3 is 2.21 bits per heavy atom. The third kappa shape index (κ3) is 3.09. The maximum atomic E-state index is 12.6. The van der Waals surface area contributed by atoms with E-state index >= 15 is 0 Å². The summed E-state index contributed by atoms with van der Waals surface area (Å²) in [5.74, 6) is -0.985. The van der Waals surface area contributed by atoms with Gasteiger partial charge in [0.2, 0.25) is 0 Å². The molecule has 0 spiro atoms. The molecule has 0 bridgehead atoms. The molecule has 0 aliphatic rings.